The second-order valence-electron chi connectivity index (χ2n) is 6.43. The summed E-state index contributed by atoms with van der Waals surface area (Å²) in [5.74, 6) is 0. The summed E-state index contributed by atoms with van der Waals surface area (Å²) in [5, 5.41) is 0. The van der Waals surface area contributed by atoms with Crippen molar-refractivity contribution in [1.29, 1.82) is 0 Å². The highest BCUT2D eigenvalue weighted by molar-refractivity contribution is 5.04. The summed E-state index contributed by atoms with van der Waals surface area (Å²) < 4.78 is 0. The second-order valence-corrected chi connectivity index (χ2v) is 6.43. The third kappa shape index (κ3) is 0.963. The minimum absolute atomic E-state index is 0.600. The highest BCUT2D eigenvalue weighted by Gasteiger charge is 2.54. The van der Waals surface area contributed by atoms with Crippen LogP contribution >= 0.6 is 0 Å². The lowest BCUT2D eigenvalue weighted by molar-refractivity contribution is 0.0221. The molecule has 2 aliphatic rings. The molecule has 0 aromatic heterocycles. The van der Waals surface area contributed by atoms with E-state index in [0.29, 0.717) is 16.2 Å². The van der Waals surface area contributed by atoms with Crippen molar-refractivity contribution < 1.29 is 0 Å². The van der Waals surface area contributed by atoms with E-state index < -0.39 is 0 Å². The Bertz CT molecular complexity index is 204. The van der Waals surface area contributed by atoms with Crippen LogP contribution in [0.25, 0.3) is 0 Å². The lowest BCUT2D eigenvalue weighted by Gasteiger charge is -2.48. The molecule has 2 saturated carbocycles. The average molecular weight is 166 g/mol. The Morgan fingerprint density at radius 1 is 0.750 bits per heavy atom. The first-order chi connectivity index (χ1) is 5.37. The Hall–Kier alpha value is 0. The largest absolute Gasteiger partial charge is 0.0596 e. The molecular weight excluding hydrogens is 144 g/mol. The number of fused-ring (bicyclic) bond motifs is 2. The Kier molecular flexibility index (Phi) is 1.49. The normalized spacial score (nSPS) is 51.0. The van der Waals surface area contributed by atoms with Crippen LogP contribution in [0.15, 0.2) is 0 Å². The van der Waals surface area contributed by atoms with Crippen LogP contribution in [0, 0.1) is 16.2 Å². The van der Waals surface area contributed by atoms with E-state index in [1.165, 1.54) is 32.1 Å². The summed E-state index contributed by atoms with van der Waals surface area (Å²) in [6, 6.07) is 0. The summed E-state index contributed by atoms with van der Waals surface area (Å²) >= 11 is 0. The van der Waals surface area contributed by atoms with E-state index in [4.69, 9.17) is 0 Å². The number of hydrogen-bond donors (Lipinski definition) is 0. The van der Waals surface area contributed by atoms with Gasteiger partial charge >= 0.3 is 0 Å². The minimum atomic E-state index is 0.600. The van der Waals surface area contributed by atoms with Crippen molar-refractivity contribution >= 4 is 0 Å². The monoisotopic (exact) mass is 166 g/mol. The van der Waals surface area contributed by atoms with E-state index in [1.807, 2.05) is 0 Å². The molecule has 2 unspecified atom stereocenters. The molecule has 0 aromatic rings. The van der Waals surface area contributed by atoms with Gasteiger partial charge in [-0.1, -0.05) is 27.7 Å². The molecule has 0 aromatic carbocycles. The molecule has 12 heavy (non-hydrogen) atoms. The van der Waals surface area contributed by atoms with Gasteiger partial charge in [0.25, 0.3) is 0 Å². The van der Waals surface area contributed by atoms with Crippen LogP contribution in [0.4, 0.5) is 0 Å². The van der Waals surface area contributed by atoms with Crippen molar-refractivity contribution in [3.63, 3.8) is 0 Å². The molecule has 0 amide bonds. The van der Waals surface area contributed by atoms with Crippen LogP contribution in [0.3, 0.4) is 0 Å². The van der Waals surface area contributed by atoms with E-state index >= 15 is 0 Å². The topological polar surface area (TPSA) is 0 Å². The minimum Gasteiger partial charge on any atom is -0.0596 e. The zero-order valence-electron chi connectivity index (χ0n) is 9.04. The van der Waals surface area contributed by atoms with Gasteiger partial charge in [-0.05, 0) is 48.3 Å². The molecule has 0 nitrogen and oxygen atoms in total. The van der Waals surface area contributed by atoms with Gasteiger partial charge in [-0.15, -0.1) is 0 Å². The van der Waals surface area contributed by atoms with Gasteiger partial charge in [0.1, 0.15) is 0 Å². The van der Waals surface area contributed by atoms with Gasteiger partial charge in [-0.3, -0.25) is 0 Å². The Morgan fingerprint density at radius 3 is 1.92 bits per heavy atom. The molecular formula is C12H22. The van der Waals surface area contributed by atoms with E-state index in [2.05, 4.69) is 27.7 Å². The molecule has 0 N–H and O–H groups in total. The Morgan fingerprint density at radius 2 is 1.33 bits per heavy atom. The molecule has 0 radical (unpaired) electrons. The molecule has 0 heteroatoms. The fourth-order valence-electron chi connectivity index (χ4n) is 3.40. The van der Waals surface area contributed by atoms with Crippen molar-refractivity contribution in [2.24, 2.45) is 16.2 Å². The molecule has 2 fully saturated rings. The average Bonchev–Trinajstić information content (AvgIpc) is 2.22. The van der Waals surface area contributed by atoms with Gasteiger partial charge in [-0.2, -0.15) is 0 Å². The van der Waals surface area contributed by atoms with Crippen molar-refractivity contribution in [3.8, 4) is 0 Å². The van der Waals surface area contributed by atoms with Crippen molar-refractivity contribution in [2.75, 3.05) is 0 Å². The molecule has 0 aliphatic heterocycles. The summed E-state index contributed by atoms with van der Waals surface area (Å²) in [5.41, 5.74) is 1.97. The van der Waals surface area contributed by atoms with Gasteiger partial charge in [-0.25, -0.2) is 0 Å². The maximum Gasteiger partial charge on any atom is -0.0269 e. The van der Waals surface area contributed by atoms with Gasteiger partial charge in [0.05, 0.1) is 0 Å². The van der Waals surface area contributed by atoms with Crippen LogP contribution in [0.2, 0.25) is 0 Å². The third-order valence-corrected chi connectivity index (χ3v) is 5.08. The Labute approximate surface area is 76.7 Å². The smallest absolute Gasteiger partial charge is 0.0269 e. The van der Waals surface area contributed by atoms with Crippen molar-refractivity contribution in [1.82, 2.24) is 0 Å². The molecule has 0 saturated heterocycles. The van der Waals surface area contributed by atoms with E-state index in [-0.39, 0.29) is 0 Å². The van der Waals surface area contributed by atoms with Crippen molar-refractivity contribution in [3.05, 3.63) is 0 Å². The van der Waals surface area contributed by atoms with Crippen LogP contribution in [0.5, 0.6) is 0 Å². The zero-order valence-corrected chi connectivity index (χ0v) is 9.04. The summed E-state index contributed by atoms with van der Waals surface area (Å²) in [7, 11) is 0. The van der Waals surface area contributed by atoms with Crippen LogP contribution in [-0.2, 0) is 0 Å². The van der Waals surface area contributed by atoms with E-state index in [1.54, 1.807) is 0 Å². The maximum atomic E-state index is 2.51. The predicted molar refractivity (Wildman–Crippen MR) is 53.1 cm³/mol. The first-order valence-electron chi connectivity index (χ1n) is 5.37. The summed E-state index contributed by atoms with van der Waals surface area (Å²) in [6.45, 7) is 9.95. The first kappa shape index (κ1) is 8.59. The third-order valence-electron chi connectivity index (χ3n) is 5.08. The first-order valence-corrected chi connectivity index (χ1v) is 5.37. The number of hydrogen-bond acceptors (Lipinski definition) is 0. The molecule has 70 valence electrons. The SMILES string of the molecule is CC12CCC(C)(C)C(C)(CC1)C2. The standard InChI is InChI=1S/C12H22/c1-10(2)5-6-11(3)7-8-12(10,4)9-11/h5-9H2,1-4H3. The highest BCUT2D eigenvalue weighted by Crippen LogP contribution is 2.65. The molecule has 0 heterocycles. The molecule has 2 atom stereocenters. The molecule has 2 aliphatic carbocycles. The molecule has 2 bridgehead atoms. The highest BCUT2D eigenvalue weighted by atomic mass is 14.6. The van der Waals surface area contributed by atoms with E-state index in [9.17, 15) is 0 Å². The fraction of sp³-hybridized carbons (Fsp3) is 1.00. The van der Waals surface area contributed by atoms with Crippen LogP contribution in [-0.4, -0.2) is 0 Å². The molecule has 0 spiro atoms. The lowest BCUT2D eigenvalue weighted by atomic mass is 9.57. The van der Waals surface area contributed by atoms with E-state index in [0.717, 1.165) is 0 Å². The van der Waals surface area contributed by atoms with Gasteiger partial charge in [0.2, 0.25) is 0 Å². The number of rotatable bonds is 0. The predicted octanol–water partition coefficient (Wildman–Crippen LogP) is 4.00. The fourth-order valence-corrected chi connectivity index (χ4v) is 3.40. The van der Waals surface area contributed by atoms with Crippen LogP contribution in [0.1, 0.15) is 59.8 Å². The second kappa shape index (κ2) is 2.08. The van der Waals surface area contributed by atoms with Crippen LogP contribution < -0.4 is 0 Å². The van der Waals surface area contributed by atoms with Gasteiger partial charge < -0.3 is 0 Å². The quantitative estimate of drug-likeness (QED) is 0.510. The molecule has 2 rings (SSSR count). The van der Waals surface area contributed by atoms with Gasteiger partial charge in [0.15, 0.2) is 0 Å². The lowest BCUT2D eigenvalue weighted by Crippen LogP contribution is -2.38. The van der Waals surface area contributed by atoms with Gasteiger partial charge in [0, 0.05) is 0 Å². The zero-order chi connectivity index (χ0) is 9.04. The summed E-state index contributed by atoms with van der Waals surface area (Å²) in [4.78, 5) is 0. The van der Waals surface area contributed by atoms with Crippen molar-refractivity contribution in [2.45, 2.75) is 59.8 Å². The summed E-state index contributed by atoms with van der Waals surface area (Å²) in [6.07, 6.45) is 7.34. The maximum absolute atomic E-state index is 2.51. The Balaban J connectivity index is 2.31.